The molecule has 1 aromatic heterocycles. The predicted molar refractivity (Wildman–Crippen MR) is 95.6 cm³/mol. The summed E-state index contributed by atoms with van der Waals surface area (Å²) in [5.74, 6) is 0.913. The van der Waals surface area contributed by atoms with Gasteiger partial charge >= 0.3 is 0 Å². The van der Waals surface area contributed by atoms with E-state index in [1.165, 1.54) is 4.88 Å². The number of nitrogens with one attached hydrogen (secondary N) is 1. The van der Waals surface area contributed by atoms with E-state index >= 15 is 0 Å². The second-order valence-corrected chi connectivity index (χ2v) is 8.44. The summed E-state index contributed by atoms with van der Waals surface area (Å²) in [4.78, 5) is 1.31. The molecule has 0 bridgehead atoms. The molecular formula is C14H14Br3NOS. The van der Waals surface area contributed by atoms with E-state index in [1.807, 2.05) is 13.0 Å². The van der Waals surface area contributed by atoms with Crippen LogP contribution < -0.4 is 10.1 Å². The third kappa shape index (κ3) is 4.56. The number of hydrogen-bond acceptors (Lipinski definition) is 3. The molecule has 20 heavy (non-hydrogen) atoms. The van der Waals surface area contributed by atoms with Crippen molar-refractivity contribution < 1.29 is 4.74 Å². The molecule has 1 N–H and O–H groups in total. The summed E-state index contributed by atoms with van der Waals surface area (Å²) in [6, 6.07) is 8.29. The number of hydrogen-bond donors (Lipinski definition) is 1. The number of thiophene rings is 1. The van der Waals surface area contributed by atoms with Gasteiger partial charge in [0.05, 0.1) is 14.9 Å². The van der Waals surface area contributed by atoms with E-state index in [0.717, 1.165) is 37.1 Å². The highest BCUT2D eigenvalue weighted by molar-refractivity contribution is 9.11. The van der Waals surface area contributed by atoms with Crippen molar-refractivity contribution in [3.8, 4) is 5.75 Å². The molecule has 0 aliphatic heterocycles. The van der Waals surface area contributed by atoms with E-state index in [1.54, 1.807) is 11.3 Å². The summed E-state index contributed by atoms with van der Waals surface area (Å²) in [5, 5.41) is 3.45. The molecule has 6 heteroatoms. The maximum absolute atomic E-state index is 5.72. The maximum Gasteiger partial charge on any atom is 0.138 e. The third-order valence-electron chi connectivity index (χ3n) is 2.62. The SMILES string of the molecule is CCOc1c(Br)cc(Br)cc1CNCc1ccc(Br)s1. The van der Waals surface area contributed by atoms with Crippen LogP contribution in [0.5, 0.6) is 5.75 Å². The van der Waals surface area contributed by atoms with Gasteiger partial charge in [0.1, 0.15) is 5.75 Å². The number of benzene rings is 1. The first kappa shape index (κ1) is 16.5. The highest BCUT2D eigenvalue weighted by atomic mass is 79.9. The minimum Gasteiger partial charge on any atom is -0.492 e. The van der Waals surface area contributed by atoms with Gasteiger partial charge in [-0.3, -0.25) is 0 Å². The molecule has 0 unspecified atom stereocenters. The molecule has 0 spiro atoms. The van der Waals surface area contributed by atoms with Crippen molar-refractivity contribution in [2.24, 2.45) is 0 Å². The molecule has 0 radical (unpaired) electrons. The zero-order chi connectivity index (χ0) is 14.5. The topological polar surface area (TPSA) is 21.3 Å². The van der Waals surface area contributed by atoms with E-state index in [2.05, 4.69) is 71.3 Å². The van der Waals surface area contributed by atoms with Crippen LogP contribution in [0.15, 0.2) is 37.0 Å². The maximum atomic E-state index is 5.72. The van der Waals surface area contributed by atoms with Crippen molar-refractivity contribution in [1.82, 2.24) is 5.32 Å². The Morgan fingerprint density at radius 2 is 1.95 bits per heavy atom. The zero-order valence-corrected chi connectivity index (χ0v) is 16.5. The third-order valence-corrected chi connectivity index (χ3v) is 5.29. The Morgan fingerprint density at radius 3 is 2.60 bits per heavy atom. The highest BCUT2D eigenvalue weighted by Gasteiger charge is 2.10. The lowest BCUT2D eigenvalue weighted by Crippen LogP contribution is -2.13. The zero-order valence-electron chi connectivity index (χ0n) is 10.9. The van der Waals surface area contributed by atoms with Gasteiger partial charge in [0.15, 0.2) is 0 Å². The van der Waals surface area contributed by atoms with Crippen LogP contribution in [0, 0.1) is 0 Å². The van der Waals surface area contributed by atoms with E-state index in [9.17, 15) is 0 Å². The summed E-state index contributed by atoms with van der Waals surface area (Å²) in [5.41, 5.74) is 1.14. The van der Waals surface area contributed by atoms with Crippen molar-refractivity contribution >= 4 is 59.1 Å². The summed E-state index contributed by atoms with van der Waals surface area (Å²) in [7, 11) is 0. The highest BCUT2D eigenvalue weighted by Crippen LogP contribution is 2.33. The van der Waals surface area contributed by atoms with Gasteiger partial charge < -0.3 is 10.1 Å². The molecule has 2 aromatic rings. The normalized spacial score (nSPS) is 10.8. The lowest BCUT2D eigenvalue weighted by molar-refractivity contribution is 0.333. The van der Waals surface area contributed by atoms with Gasteiger partial charge in [0, 0.05) is 28.0 Å². The Balaban J connectivity index is 2.04. The van der Waals surface area contributed by atoms with Gasteiger partial charge in [-0.2, -0.15) is 0 Å². The summed E-state index contributed by atoms with van der Waals surface area (Å²) in [6.07, 6.45) is 0. The first-order chi connectivity index (χ1) is 9.60. The molecule has 0 aliphatic carbocycles. The minimum absolute atomic E-state index is 0.658. The average Bonchev–Trinajstić information content (AvgIpc) is 2.79. The van der Waals surface area contributed by atoms with Crippen LogP contribution in [-0.2, 0) is 13.1 Å². The lowest BCUT2D eigenvalue weighted by Gasteiger charge is -2.13. The summed E-state index contributed by atoms with van der Waals surface area (Å²) < 4.78 is 8.90. The molecule has 0 saturated carbocycles. The Bertz CT molecular complexity index is 586. The molecule has 1 aromatic carbocycles. The Hall–Kier alpha value is 0.120. The second kappa shape index (κ2) is 7.94. The van der Waals surface area contributed by atoms with Gasteiger partial charge in [-0.1, -0.05) is 15.9 Å². The van der Waals surface area contributed by atoms with Gasteiger partial charge in [-0.25, -0.2) is 0 Å². The van der Waals surface area contributed by atoms with Crippen LogP contribution in [0.1, 0.15) is 17.4 Å². The van der Waals surface area contributed by atoms with E-state index in [4.69, 9.17) is 4.74 Å². The van der Waals surface area contributed by atoms with Crippen molar-refractivity contribution in [2.45, 2.75) is 20.0 Å². The van der Waals surface area contributed by atoms with Gasteiger partial charge in [0.2, 0.25) is 0 Å². The molecule has 2 rings (SSSR count). The molecule has 108 valence electrons. The van der Waals surface area contributed by atoms with Crippen molar-refractivity contribution in [3.63, 3.8) is 0 Å². The Labute approximate surface area is 148 Å². The predicted octanol–water partition coefficient (Wildman–Crippen LogP) is 5.72. The monoisotopic (exact) mass is 481 g/mol. The fourth-order valence-corrected chi connectivity index (χ4v) is 4.70. The Kier molecular flexibility index (Phi) is 6.55. The van der Waals surface area contributed by atoms with Crippen LogP contribution in [0.4, 0.5) is 0 Å². The second-order valence-electron chi connectivity index (χ2n) is 4.12. The number of rotatable bonds is 6. The van der Waals surface area contributed by atoms with Crippen LogP contribution in [0.2, 0.25) is 0 Å². The summed E-state index contributed by atoms with van der Waals surface area (Å²) >= 11 is 12.3. The molecule has 0 aliphatic rings. The quantitative estimate of drug-likeness (QED) is 0.567. The minimum atomic E-state index is 0.658. The van der Waals surface area contributed by atoms with E-state index < -0.39 is 0 Å². The van der Waals surface area contributed by atoms with Crippen molar-refractivity contribution in [1.29, 1.82) is 0 Å². The molecule has 0 amide bonds. The largest absolute Gasteiger partial charge is 0.492 e. The van der Waals surface area contributed by atoms with Gasteiger partial charge in [-0.15, -0.1) is 11.3 Å². The summed E-state index contributed by atoms with van der Waals surface area (Å²) in [6.45, 7) is 4.27. The standard InChI is InChI=1S/C14H14Br3NOS/c1-2-19-14-9(5-10(15)6-12(14)16)7-18-8-11-3-4-13(17)20-11/h3-6,18H,2,7-8H2,1H3. The smallest absolute Gasteiger partial charge is 0.138 e. The van der Waals surface area contributed by atoms with E-state index in [-0.39, 0.29) is 0 Å². The number of ether oxygens (including phenoxy) is 1. The molecular weight excluding hydrogens is 470 g/mol. The number of halogens is 3. The lowest BCUT2D eigenvalue weighted by atomic mass is 10.2. The van der Waals surface area contributed by atoms with Crippen LogP contribution in [-0.4, -0.2) is 6.61 Å². The van der Waals surface area contributed by atoms with Crippen molar-refractivity contribution in [3.05, 3.63) is 47.4 Å². The fraction of sp³-hybridized carbons (Fsp3) is 0.286. The molecule has 0 atom stereocenters. The van der Waals surface area contributed by atoms with Crippen LogP contribution in [0.25, 0.3) is 0 Å². The van der Waals surface area contributed by atoms with Crippen LogP contribution >= 0.6 is 59.1 Å². The van der Waals surface area contributed by atoms with Crippen LogP contribution in [0.3, 0.4) is 0 Å². The van der Waals surface area contributed by atoms with E-state index in [0.29, 0.717) is 6.61 Å². The van der Waals surface area contributed by atoms with Gasteiger partial charge in [-0.05, 0) is 63.0 Å². The Morgan fingerprint density at radius 1 is 1.15 bits per heavy atom. The molecule has 0 fully saturated rings. The molecule has 1 heterocycles. The first-order valence-electron chi connectivity index (χ1n) is 6.15. The molecule has 0 saturated heterocycles. The molecule has 2 nitrogen and oxygen atoms in total. The van der Waals surface area contributed by atoms with Gasteiger partial charge in [0.25, 0.3) is 0 Å². The average molecular weight is 484 g/mol. The first-order valence-corrected chi connectivity index (χ1v) is 9.35. The fourth-order valence-electron chi connectivity index (χ4n) is 1.82. The van der Waals surface area contributed by atoms with Crippen molar-refractivity contribution in [2.75, 3.05) is 6.61 Å².